The topological polar surface area (TPSA) is 123 Å². The van der Waals surface area contributed by atoms with E-state index in [1.54, 1.807) is 55.5 Å². The molecule has 0 saturated carbocycles. The minimum Gasteiger partial charge on any atom is -0.496 e. The Morgan fingerprint density at radius 2 is 1.64 bits per heavy atom. The van der Waals surface area contributed by atoms with Crippen molar-refractivity contribution in [2.45, 2.75) is 6.92 Å². The lowest BCUT2D eigenvalue weighted by molar-refractivity contribution is -0.145. The van der Waals surface area contributed by atoms with Crippen LogP contribution in [0.1, 0.15) is 17.3 Å². The lowest BCUT2D eigenvalue weighted by Crippen LogP contribution is -2.16. The Labute approximate surface area is 224 Å². The third-order valence-electron chi connectivity index (χ3n) is 5.71. The first kappa shape index (κ1) is 27.1. The van der Waals surface area contributed by atoms with Crippen molar-refractivity contribution in [3.05, 3.63) is 76.5 Å². The van der Waals surface area contributed by atoms with Gasteiger partial charge in [0.2, 0.25) is 5.75 Å². The van der Waals surface area contributed by atoms with Crippen molar-refractivity contribution in [2.24, 2.45) is 0 Å². The van der Waals surface area contributed by atoms with Crippen LogP contribution in [-0.4, -0.2) is 46.4 Å². The fraction of sp³-hybridized carbons (Fsp3) is 0.207. The van der Waals surface area contributed by atoms with E-state index in [4.69, 9.17) is 28.1 Å². The molecule has 39 heavy (non-hydrogen) atoms. The summed E-state index contributed by atoms with van der Waals surface area (Å²) < 4.78 is 32.7. The third-order valence-corrected chi connectivity index (χ3v) is 5.71. The highest BCUT2D eigenvalue weighted by atomic mass is 16.6. The van der Waals surface area contributed by atoms with Crippen LogP contribution in [0.5, 0.6) is 23.0 Å². The number of nitrogens with one attached hydrogen (secondary N) is 1. The number of carbonyl (C=O) groups is 2. The van der Waals surface area contributed by atoms with Crippen molar-refractivity contribution in [1.29, 1.82) is 0 Å². The minimum atomic E-state index is -0.608. The largest absolute Gasteiger partial charge is 0.496 e. The highest BCUT2D eigenvalue weighted by Crippen LogP contribution is 2.43. The van der Waals surface area contributed by atoms with Gasteiger partial charge in [0.15, 0.2) is 23.5 Å². The number of para-hydroxylation sites is 1. The van der Waals surface area contributed by atoms with E-state index in [1.807, 2.05) is 0 Å². The quantitative estimate of drug-likeness (QED) is 0.290. The zero-order valence-electron chi connectivity index (χ0n) is 21.9. The molecule has 0 fully saturated rings. The van der Waals surface area contributed by atoms with Gasteiger partial charge in [-0.3, -0.25) is 9.59 Å². The maximum Gasteiger partial charge on any atom is 0.344 e. The van der Waals surface area contributed by atoms with Crippen LogP contribution in [0.4, 0.5) is 5.69 Å². The molecule has 1 heterocycles. The van der Waals surface area contributed by atoms with Crippen LogP contribution in [0.25, 0.3) is 22.3 Å². The van der Waals surface area contributed by atoms with E-state index in [1.165, 1.54) is 33.5 Å². The summed E-state index contributed by atoms with van der Waals surface area (Å²) in [5.74, 6) is 0.0881. The first-order chi connectivity index (χ1) is 18.9. The Morgan fingerprint density at radius 1 is 0.872 bits per heavy atom. The van der Waals surface area contributed by atoms with Gasteiger partial charge in [-0.1, -0.05) is 24.3 Å². The van der Waals surface area contributed by atoms with Crippen LogP contribution in [0.15, 0.2) is 69.9 Å². The second kappa shape index (κ2) is 12.0. The molecule has 0 spiro atoms. The number of benzene rings is 3. The summed E-state index contributed by atoms with van der Waals surface area (Å²) in [6, 6.07) is 16.5. The number of hydrogen-bond acceptors (Lipinski definition) is 9. The van der Waals surface area contributed by atoms with Crippen molar-refractivity contribution in [2.75, 3.05) is 39.9 Å². The molecule has 0 aliphatic heterocycles. The normalized spacial score (nSPS) is 10.6. The molecule has 0 atom stereocenters. The fourth-order valence-corrected chi connectivity index (χ4v) is 3.99. The number of anilines is 1. The number of hydrogen-bond donors (Lipinski definition) is 1. The first-order valence-corrected chi connectivity index (χ1v) is 12.0. The number of amides is 1. The van der Waals surface area contributed by atoms with Crippen molar-refractivity contribution in [3.8, 4) is 34.3 Å². The summed E-state index contributed by atoms with van der Waals surface area (Å²) in [4.78, 5) is 38.1. The third kappa shape index (κ3) is 5.80. The lowest BCUT2D eigenvalue weighted by Gasteiger charge is -2.16. The summed E-state index contributed by atoms with van der Waals surface area (Å²) >= 11 is 0. The van der Waals surface area contributed by atoms with E-state index in [0.29, 0.717) is 22.6 Å². The van der Waals surface area contributed by atoms with Gasteiger partial charge in [-0.2, -0.15) is 0 Å². The molecule has 1 aromatic heterocycles. The molecule has 0 bridgehead atoms. The van der Waals surface area contributed by atoms with E-state index >= 15 is 0 Å². The molecule has 1 amide bonds. The second-order valence-corrected chi connectivity index (χ2v) is 8.12. The Morgan fingerprint density at radius 3 is 2.36 bits per heavy atom. The molecule has 10 heteroatoms. The van der Waals surface area contributed by atoms with Gasteiger partial charge in [-0.15, -0.1) is 0 Å². The molecule has 4 rings (SSSR count). The molecule has 0 aliphatic rings. The number of ether oxygens (including phenoxy) is 5. The maximum absolute atomic E-state index is 13.3. The Hall–Kier alpha value is -4.99. The smallest absolute Gasteiger partial charge is 0.344 e. The van der Waals surface area contributed by atoms with Crippen molar-refractivity contribution >= 4 is 28.5 Å². The Balaban J connectivity index is 1.73. The van der Waals surface area contributed by atoms with Crippen LogP contribution in [-0.2, 0) is 9.53 Å². The summed E-state index contributed by atoms with van der Waals surface area (Å²) in [6.45, 7) is 1.41. The molecule has 0 aliphatic carbocycles. The van der Waals surface area contributed by atoms with E-state index in [2.05, 4.69) is 5.32 Å². The van der Waals surface area contributed by atoms with Gasteiger partial charge in [0.1, 0.15) is 22.5 Å². The van der Waals surface area contributed by atoms with E-state index in [0.717, 1.165) is 0 Å². The van der Waals surface area contributed by atoms with Crippen molar-refractivity contribution < 1.29 is 37.7 Å². The van der Waals surface area contributed by atoms with Crippen molar-refractivity contribution in [1.82, 2.24) is 0 Å². The first-order valence-electron chi connectivity index (χ1n) is 12.0. The van der Waals surface area contributed by atoms with Gasteiger partial charge in [0.05, 0.1) is 33.5 Å². The predicted molar refractivity (Wildman–Crippen MR) is 144 cm³/mol. The SMILES string of the molecule is CCOC(=O)COc1c(OC)c(OC)cc2oc(-c3cccc(NC(=O)c4ccccc4OC)c3)cc(=O)c12. The van der Waals surface area contributed by atoms with Gasteiger partial charge < -0.3 is 33.4 Å². The summed E-state index contributed by atoms with van der Waals surface area (Å²) in [5.41, 5.74) is 1.11. The van der Waals surface area contributed by atoms with Crippen LogP contribution < -0.4 is 29.7 Å². The molecule has 202 valence electrons. The zero-order valence-corrected chi connectivity index (χ0v) is 21.9. The fourth-order valence-electron chi connectivity index (χ4n) is 3.99. The molecule has 3 aromatic carbocycles. The number of methoxy groups -OCH3 is 3. The molecular formula is C29H27NO9. The van der Waals surface area contributed by atoms with Gasteiger partial charge >= 0.3 is 5.97 Å². The number of esters is 1. The van der Waals surface area contributed by atoms with E-state index in [-0.39, 0.29) is 46.5 Å². The van der Waals surface area contributed by atoms with Gasteiger partial charge in [-0.05, 0) is 31.2 Å². The van der Waals surface area contributed by atoms with E-state index < -0.39 is 18.0 Å². The van der Waals surface area contributed by atoms with Crippen LogP contribution in [0.2, 0.25) is 0 Å². The molecule has 0 unspecified atom stereocenters. The van der Waals surface area contributed by atoms with Crippen LogP contribution in [0.3, 0.4) is 0 Å². The molecule has 0 radical (unpaired) electrons. The van der Waals surface area contributed by atoms with E-state index in [9.17, 15) is 14.4 Å². The Bertz CT molecular complexity index is 1580. The molecular weight excluding hydrogens is 506 g/mol. The standard InChI is InChI=1S/C29H27NO9/c1-5-37-25(32)16-38-28-26-20(31)14-22(39-23(26)15-24(35-3)27(28)36-4)17-9-8-10-18(13-17)30-29(33)19-11-6-7-12-21(19)34-2/h6-15H,5,16H2,1-4H3,(H,30,33). The van der Waals surface area contributed by atoms with Gasteiger partial charge in [0, 0.05) is 23.4 Å². The molecule has 10 nitrogen and oxygen atoms in total. The second-order valence-electron chi connectivity index (χ2n) is 8.12. The molecule has 0 saturated heterocycles. The Kier molecular flexibility index (Phi) is 8.35. The number of rotatable bonds is 10. The summed E-state index contributed by atoms with van der Waals surface area (Å²) in [6.07, 6.45) is 0. The summed E-state index contributed by atoms with van der Waals surface area (Å²) in [7, 11) is 4.31. The zero-order chi connectivity index (χ0) is 27.9. The maximum atomic E-state index is 13.3. The highest BCUT2D eigenvalue weighted by Gasteiger charge is 2.23. The average molecular weight is 534 g/mol. The highest BCUT2D eigenvalue weighted by molar-refractivity contribution is 6.06. The van der Waals surface area contributed by atoms with Crippen molar-refractivity contribution in [3.63, 3.8) is 0 Å². The predicted octanol–water partition coefficient (Wildman–Crippen LogP) is 4.68. The summed E-state index contributed by atoms with van der Waals surface area (Å²) in [5, 5.41) is 2.91. The molecule has 1 N–H and O–H groups in total. The van der Waals surface area contributed by atoms with Gasteiger partial charge in [0.25, 0.3) is 5.91 Å². The number of fused-ring (bicyclic) bond motifs is 1. The molecule has 4 aromatic rings. The van der Waals surface area contributed by atoms with Crippen LogP contribution in [0, 0.1) is 0 Å². The lowest BCUT2D eigenvalue weighted by atomic mass is 10.1. The van der Waals surface area contributed by atoms with Crippen LogP contribution >= 0.6 is 0 Å². The monoisotopic (exact) mass is 533 g/mol. The minimum absolute atomic E-state index is 0.00183. The average Bonchev–Trinajstić information content (AvgIpc) is 2.95. The van der Waals surface area contributed by atoms with Gasteiger partial charge in [-0.25, -0.2) is 4.79 Å². The number of carbonyl (C=O) groups excluding carboxylic acids is 2.